The van der Waals surface area contributed by atoms with Crippen molar-refractivity contribution >= 4 is 11.6 Å². The van der Waals surface area contributed by atoms with Gasteiger partial charge in [-0.05, 0) is 86.5 Å². The predicted molar refractivity (Wildman–Crippen MR) is 102 cm³/mol. The molecule has 6 rings (SSSR count). The van der Waals surface area contributed by atoms with E-state index in [4.69, 9.17) is 16.0 Å². The molecular weight excluding hydrogens is 330 g/mol. The van der Waals surface area contributed by atoms with Crippen molar-refractivity contribution in [3.8, 4) is 11.3 Å². The van der Waals surface area contributed by atoms with Crippen LogP contribution >= 0.6 is 11.6 Å². The zero-order chi connectivity index (χ0) is 17.0. The van der Waals surface area contributed by atoms with Gasteiger partial charge in [0.05, 0.1) is 6.54 Å². The van der Waals surface area contributed by atoms with Gasteiger partial charge < -0.3 is 9.73 Å². The highest BCUT2D eigenvalue weighted by Crippen LogP contribution is 2.53. The smallest absolute Gasteiger partial charge is 0.134 e. The van der Waals surface area contributed by atoms with Crippen LogP contribution in [0.15, 0.2) is 34.7 Å². The average Bonchev–Trinajstić information content (AvgIpc) is 3.05. The van der Waals surface area contributed by atoms with Gasteiger partial charge in [-0.25, -0.2) is 0 Å². The lowest BCUT2D eigenvalue weighted by molar-refractivity contribution is -0.0147. The van der Waals surface area contributed by atoms with Crippen LogP contribution in [0.1, 0.15) is 43.4 Å². The molecule has 1 aromatic heterocycles. The molecule has 1 heterocycles. The lowest BCUT2D eigenvalue weighted by Gasteiger charge is -2.54. The molecule has 0 atom stereocenters. The Hall–Kier alpha value is -1.25. The molecule has 4 bridgehead atoms. The Morgan fingerprint density at radius 3 is 2.44 bits per heavy atom. The van der Waals surface area contributed by atoms with Crippen LogP contribution in [-0.4, -0.2) is 6.04 Å². The summed E-state index contributed by atoms with van der Waals surface area (Å²) in [4.78, 5) is 0. The molecule has 0 aliphatic heterocycles. The molecule has 25 heavy (non-hydrogen) atoms. The van der Waals surface area contributed by atoms with E-state index in [0.717, 1.165) is 57.9 Å². The van der Waals surface area contributed by atoms with Gasteiger partial charge in [-0.3, -0.25) is 0 Å². The summed E-state index contributed by atoms with van der Waals surface area (Å²) in [6.07, 6.45) is 7.33. The SMILES string of the molecule is Cc1c(Cl)cccc1-c1ccc(CNC2C3CC4CC(C3)CC2C4)o1. The zero-order valence-corrected chi connectivity index (χ0v) is 15.6. The van der Waals surface area contributed by atoms with Crippen LogP contribution < -0.4 is 5.32 Å². The van der Waals surface area contributed by atoms with Gasteiger partial charge in [0.2, 0.25) is 0 Å². The molecule has 132 valence electrons. The minimum absolute atomic E-state index is 0.703. The van der Waals surface area contributed by atoms with Gasteiger partial charge in [0.15, 0.2) is 0 Å². The van der Waals surface area contributed by atoms with E-state index < -0.39 is 0 Å². The molecule has 3 heteroatoms. The van der Waals surface area contributed by atoms with Gasteiger partial charge in [0, 0.05) is 16.6 Å². The number of rotatable bonds is 4. The number of furan rings is 1. The Morgan fingerprint density at radius 2 is 1.72 bits per heavy atom. The van der Waals surface area contributed by atoms with E-state index >= 15 is 0 Å². The molecule has 0 saturated heterocycles. The first-order valence-electron chi connectivity index (χ1n) is 9.75. The van der Waals surface area contributed by atoms with E-state index in [1.54, 1.807) is 0 Å². The number of hydrogen-bond donors (Lipinski definition) is 1. The Labute approximate surface area is 154 Å². The highest BCUT2D eigenvalue weighted by Gasteiger charge is 2.47. The average molecular weight is 356 g/mol. The summed E-state index contributed by atoms with van der Waals surface area (Å²) in [6, 6.07) is 10.9. The molecule has 0 radical (unpaired) electrons. The lowest BCUT2D eigenvalue weighted by atomic mass is 9.54. The van der Waals surface area contributed by atoms with Gasteiger partial charge in [0.1, 0.15) is 11.5 Å². The molecule has 2 aromatic rings. The summed E-state index contributed by atoms with van der Waals surface area (Å²) in [5, 5.41) is 4.65. The maximum absolute atomic E-state index is 6.25. The minimum atomic E-state index is 0.703. The summed E-state index contributed by atoms with van der Waals surface area (Å²) >= 11 is 6.25. The first kappa shape index (κ1) is 16.0. The number of benzene rings is 1. The monoisotopic (exact) mass is 355 g/mol. The van der Waals surface area contributed by atoms with E-state index in [0.29, 0.717) is 6.04 Å². The summed E-state index contributed by atoms with van der Waals surface area (Å²) in [5.41, 5.74) is 2.17. The van der Waals surface area contributed by atoms with Crippen molar-refractivity contribution in [1.82, 2.24) is 5.32 Å². The van der Waals surface area contributed by atoms with Gasteiger partial charge in [0.25, 0.3) is 0 Å². The summed E-state index contributed by atoms with van der Waals surface area (Å²) in [5.74, 6) is 5.81. The topological polar surface area (TPSA) is 25.2 Å². The number of hydrogen-bond acceptors (Lipinski definition) is 2. The van der Waals surface area contributed by atoms with Crippen LogP contribution in [0.5, 0.6) is 0 Å². The molecule has 0 amide bonds. The van der Waals surface area contributed by atoms with Crippen molar-refractivity contribution in [2.75, 3.05) is 0 Å². The second-order valence-corrected chi connectivity index (χ2v) is 8.92. The maximum atomic E-state index is 6.25. The standard InChI is InChI=1S/C22H26ClNO/c1-13-19(3-2-4-20(13)23)21-6-5-18(25-21)12-24-22-16-8-14-7-15(10-16)11-17(22)9-14/h2-6,14-17,22,24H,7-12H2,1H3. The lowest BCUT2D eigenvalue weighted by Crippen LogP contribution is -2.54. The molecule has 4 aliphatic carbocycles. The van der Waals surface area contributed by atoms with Gasteiger partial charge in [-0.1, -0.05) is 23.7 Å². The van der Waals surface area contributed by atoms with Crippen molar-refractivity contribution in [1.29, 1.82) is 0 Å². The summed E-state index contributed by atoms with van der Waals surface area (Å²) in [6.45, 7) is 2.89. The molecule has 4 fully saturated rings. The Balaban J connectivity index is 1.28. The normalized spacial score (nSPS) is 33.1. The van der Waals surface area contributed by atoms with Crippen molar-refractivity contribution in [3.63, 3.8) is 0 Å². The molecule has 4 saturated carbocycles. The Bertz CT molecular complexity index is 752. The third kappa shape index (κ3) is 2.84. The van der Waals surface area contributed by atoms with Crippen LogP contribution in [0.3, 0.4) is 0 Å². The van der Waals surface area contributed by atoms with E-state index in [2.05, 4.69) is 23.5 Å². The first-order chi connectivity index (χ1) is 12.2. The fourth-order valence-corrected chi connectivity index (χ4v) is 6.14. The van der Waals surface area contributed by atoms with E-state index in [9.17, 15) is 0 Å². The molecule has 2 nitrogen and oxygen atoms in total. The van der Waals surface area contributed by atoms with Crippen LogP contribution in [0.4, 0.5) is 0 Å². The van der Waals surface area contributed by atoms with Crippen molar-refractivity contribution < 1.29 is 4.42 Å². The molecule has 0 unspecified atom stereocenters. The second kappa shape index (κ2) is 6.17. The van der Waals surface area contributed by atoms with Crippen molar-refractivity contribution in [2.45, 2.75) is 51.6 Å². The molecular formula is C22H26ClNO. The van der Waals surface area contributed by atoms with Crippen LogP contribution in [0.2, 0.25) is 5.02 Å². The molecule has 0 spiro atoms. The third-order valence-corrected chi connectivity index (χ3v) is 7.34. The Kier molecular flexibility index (Phi) is 3.94. The molecule has 1 N–H and O–H groups in total. The van der Waals surface area contributed by atoms with Gasteiger partial charge >= 0.3 is 0 Å². The summed E-state index contributed by atoms with van der Waals surface area (Å²) < 4.78 is 6.13. The highest BCUT2D eigenvalue weighted by molar-refractivity contribution is 6.31. The van der Waals surface area contributed by atoms with Crippen LogP contribution in [0, 0.1) is 30.6 Å². The van der Waals surface area contributed by atoms with Gasteiger partial charge in [-0.2, -0.15) is 0 Å². The zero-order valence-electron chi connectivity index (χ0n) is 14.8. The molecule has 1 aromatic carbocycles. The highest BCUT2D eigenvalue weighted by atomic mass is 35.5. The van der Waals surface area contributed by atoms with E-state index in [-0.39, 0.29) is 0 Å². The quantitative estimate of drug-likeness (QED) is 0.747. The number of nitrogens with one attached hydrogen (secondary N) is 1. The summed E-state index contributed by atoms with van der Waals surface area (Å²) in [7, 11) is 0. The number of halogens is 1. The second-order valence-electron chi connectivity index (χ2n) is 8.52. The van der Waals surface area contributed by atoms with Crippen molar-refractivity contribution in [2.24, 2.45) is 23.7 Å². The third-order valence-electron chi connectivity index (χ3n) is 6.93. The fraction of sp³-hybridized carbons (Fsp3) is 0.545. The maximum Gasteiger partial charge on any atom is 0.134 e. The van der Waals surface area contributed by atoms with E-state index in [1.807, 2.05) is 19.1 Å². The Morgan fingerprint density at radius 1 is 1.00 bits per heavy atom. The van der Waals surface area contributed by atoms with E-state index in [1.165, 1.54) is 32.1 Å². The van der Waals surface area contributed by atoms with Gasteiger partial charge in [-0.15, -0.1) is 0 Å². The van der Waals surface area contributed by atoms with Crippen LogP contribution in [-0.2, 0) is 6.54 Å². The molecule has 4 aliphatic rings. The fourth-order valence-electron chi connectivity index (χ4n) is 5.97. The van der Waals surface area contributed by atoms with Crippen molar-refractivity contribution in [3.05, 3.63) is 46.7 Å². The first-order valence-corrected chi connectivity index (χ1v) is 10.1. The minimum Gasteiger partial charge on any atom is -0.460 e. The predicted octanol–water partition coefficient (Wildman–Crippen LogP) is 5.82. The van der Waals surface area contributed by atoms with Crippen LogP contribution in [0.25, 0.3) is 11.3 Å². The largest absolute Gasteiger partial charge is 0.460 e.